The summed E-state index contributed by atoms with van der Waals surface area (Å²) in [6.07, 6.45) is 6.14. The molecule has 2 rings (SSSR count). The monoisotopic (exact) mass is 195 g/mol. The minimum absolute atomic E-state index is 0.193. The number of carbonyl (C=O) groups is 1. The van der Waals surface area contributed by atoms with Crippen LogP contribution in [0.2, 0.25) is 0 Å². The Morgan fingerprint density at radius 1 is 1.14 bits per heavy atom. The van der Waals surface area contributed by atoms with Crippen molar-refractivity contribution in [2.45, 2.75) is 51.5 Å². The van der Waals surface area contributed by atoms with Crippen molar-refractivity contribution >= 4 is 5.78 Å². The summed E-state index contributed by atoms with van der Waals surface area (Å²) < 4.78 is 0. The second-order valence-electron chi connectivity index (χ2n) is 5.25. The fraction of sp³-hybridized carbons (Fsp3) is 0.917. The molecule has 1 saturated heterocycles. The summed E-state index contributed by atoms with van der Waals surface area (Å²) in [6.45, 7) is 6.45. The van der Waals surface area contributed by atoms with Crippen LogP contribution in [0.1, 0.15) is 46.0 Å². The minimum Gasteiger partial charge on any atom is -0.297 e. The van der Waals surface area contributed by atoms with Crippen LogP contribution in [-0.2, 0) is 4.79 Å². The van der Waals surface area contributed by atoms with Crippen LogP contribution in [0, 0.1) is 5.92 Å². The first kappa shape index (κ1) is 10.2. The predicted octanol–water partition coefficient (Wildman–Crippen LogP) is 2.23. The highest BCUT2D eigenvalue weighted by molar-refractivity contribution is 5.91. The molecule has 2 aliphatic rings. The van der Waals surface area contributed by atoms with E-state index >= 15 is 0 Å². The van der Waals surface area contributed by atoms with Crippen molar-refractivity contribution in [1.82, 2.24) is 4.90 Å². The van der Waals surface area contributed by atoms with Crippen LogP contribution in [0.5, 0.6) is 0 Å². The topological polar surface area (TPSA) is 20.3 Å². The van der Waals surface area contributed by atoms with E-state index in [0.29, 0.717) is 11.7 Å². The Labute approximate surface area is 86.7 Å². The average Bonchev–Trinajstić information content (AvgIpc) is 3.01. The molecule has 0 N–H and O–H groups in total. The molecular weight excluding hydrogens is 174 g/mol. The van der Waals surface area contributed by atoms with Gasteiger partial charge < -0.3 is 0 Å². The molecule has 2 fully saturated rings. The molecule has 2 heteroatoms. The lowest BCUT2D eigenvalue weighted by Crippen LogP contribution is -2.52. The number of carbonyl (C=O) groups excluding carboxylic acids is 1. The summed E-state index contributed by atoms with van der Waals surface area (Å²) in [5, 5.41) is 0. The molecule has 0 bridgehead atoms. The number of Topliss-reactive ketones (excluding diaryl/α,β-unsaturated/α-hetero) is 1. The Balaban J connectivity index is 2.00. The van der Waals surface area contributed by atoms with E-state index in [2.05, 4.69) is 18.7 Å². The lowest BCUT2D eigenvalue weighted by atomic mass is 9.91. The molecule has 0 aromatic carbocycles. The molecule has 1 aliphatic carbocycles. The van der Waals surface area contributed by atoms with Crippen LogP contribution >= 0.6 is 0 Å². The summed E-state index contributed by atoms with van der Waals surface area (Å²) in [4.78, 5) is 14.5. The van der Waals surface area contributed by atoms with E-state index in [0.717, 1.165) is 25.9 Å². The molecule has 1 aliphatic heterocycles. The molecule has 0 amide bonds. The van der Waals surface area contributed by atoms with E-state index in [4.69, 9.17) is 0 Å². The maximum atomic E-state index is 12.1. The number of ketones is 1. The van der Waals surface area contributed by atoms with Crippen LogP contribution in [-0.4, -0.2) is 29.3 Å². The number of hydrogen-bond donors (Lipinski definition) is 0. The number of piperidine rings is 1. The van der Waals surface area contributed by atoms with Crippen LogP contribution in [0.4, 0.5) is 0 Å². The van der Waals surface area contributed by atoms with E-state index in [-0.39, 0.29) is 5.54 Å². The largest absolute Gasteiger partial charge is 0.297 e. The molecule has 0 aromatic heterocycles. The molecule has 1 heterocycles. The molecule has 14 heavy (non-hydrogen) atoms. The highest BCUT2D eigenvalue weighted by Gasteiger charge is 2.42. The zero-order chi connectivity index (χ0) is 10.2. The zero-order valence-electron chi connectivity index (χ0n) is 9.38. The summed E-state index contributed by atoms with van der Waals surface area (Å²) in [5.41, 5.74) is -0.193. The lowest BCUT2D eigenvalue weighted by Gasteiger charge is -2.39. The van der Waals surface area contributed by atoms with E-state index in [1.807, 2.05) is 0 Å². The van der Waals surface area contributed by atoms with Gasteiger partial charge in [-0.05, 0) is 52.6 Å². The Morgan fingerprint density at radius 2 is 1.71 bits per heavy atom. The number of hydrogen-bond acceptors (Lipinski definition) is 2. The second kappa shape index (κ2) is 3.65. The van der Waals surface area contributed by atoms with E-state index in [1.54, 1.807) is 0 Å². The van der Waals surface area contributed by atoms with Gasteiger partial charge in [0, 0.05) is 5.92 Å². The summed E-state index contributed by atoms with van der Waals surface area (Å²) in [6, 6.07) is 0. The average molecular weight is 195 g/mol. The Hall–Kier alpha value is -0.370. The molecule has 0 radical (unpaired) electrons. The standard InChI is InChI=1S/C12H21NO/c1-12(2,11(14)10-6-7-10)13-8-4-3-5-9-13/h10H,3-9H2,1-2H3. The maximum absolute atomic E-state index is 12.1. The third-order valence-electron chi connectivity index (χ3n) is 3.70. The molecular formula is C12H21NO. The van der Waals surface area contributed by atoms with Gasteiger partial charge in [0.15, 0.2) is 5.78 Å². The minimum atomic E-state index is -0.193. The smallest absolute Gasteiger partial charge is 0.155 e. The fourth-order valence-corrected chi connectivity index (χ4v) is 2.45. The van der Waals surface area contributed by atoms with Crippen LogP contribution in [0.3, 0.4) is 0 Å². The van der Waals surface area contributed by atoms with Crippen molar-refractivity contribution < 1.29 is 4.79 Å². The highest BCUT2D eigenvalue weighted by atomic mass is 16.1. The van der Waals surface area contributed by atoms with Gasteiger partial charge in [0.1, 0.15) is 0 Å². The van der Waals surface area contributed by atoms with Crippen molar-refractivity contribution in [3.05, 3.63) is 0 Å². The molecule has 0 aromatic rings. The Bertz CT molecular complexity index is 224. The van der Waals surface area contributed by atoms with Crippen molar-refractivity contribution in [2.24, 2.45) is 5.92 Å². The van der Waals surface area contributed by atoms with Gasteiger partial charge in [0.2, 0.25) is 0 Å². The zero-order valence-corrected chi connectivity index (χ0v) is 9.38. The molecule has 0 atom stereocenters. The third-order valence-corrected chi connectivity index (χ3v) is 3.70. The Morgan fingerprint density at radius 3 is 2.21 bits per heavy atom. The molecule has 0 spiro atoms. The lowest BCUT2D eigenvalue weighted by molar-refractivity contribution is -0.131. The quantitative estimate of drug-likeness (QED) is 0.688. The van der Waals surface area contributed by atoms with Gasteiger partial charge in [0.05, 0.1) is 5.54 Å². The molecule has 80 valence electrons. The van der Waals surface area contributed by atoms with Crippen molar-refractivity contribution in [2.75, 3.05) is 13.1 Å². The summed E-state index contributed by atoms with van der Waals surface area (Å²) >= 11 is 0. The first-order valence-corrected chi connectivity index (χ1v) is 5.92. The van der Waals surface area contributed by atoms with Gasteiger partial charge in [-0.25, -0.2) is 0 Å². The predicted molar refractivity (Wildman–Crippen MR) is 57.2 cm³/mol. The SMILES string of the molecule is CC(C)(C(=O)C1CC1)N1CCCCC1. The maximum Gasteiger partial charge on any atom is 0.155 e. The fourth-order valence-electron chi connectivity index (χ4n) is 2.45. The van der Waals surface area contributed by atoms with E-state index in [1.165, 1.54) is 19.3 Å². The van der Waals surface area contributed by atoms with E-state index in [9.17, 15) is 4.79 Å². The first-order valence-electron chi connectivity index (χ1n) is 5.92. The van der Waals surface area contributed by atoms with Gasteiger partial charge in [-0.2, -0.15) is 0 Å². The third kappa shape index (κ3) is 1.85. The highest BCUT2D eigenvalue weighted by Crippen LogP contribution is 2.36. The number of rotatable bonds is 3. The van der Waals surface area contributed by atoms with Gasteiger partial charge in [-0.1, -0.05) is 6.42 Å². The van der Waals surface area contributed by atoms with Gasteiger partial charge >= 0.3 is 0 Å². The van der Waals surface area contributed by atoms with Gasteiger partial charge in [0.25, 0.3) is 0 Å². The molecule has 2 nitrogen and oxygen atoms in total. The Kier molecular flexibility index (Phi) is 2.65. The van der Waals surface area contributed by atoms with Gasteiger partial charge in [-0.3, -0.25) is 9.69 Å². The normalized spacial score (nSPS) is 25.0. The van der Waals surface area contributed by atoms with Crippen LogP contribution in [0.15, 0.2) is 0 Å². The summed E-state index contributed by atoms with van der Waals surface area (Å²) in [5.74, 6) is 0.881. The van der Waals surface area contributed by atoms with Crippen LogP contribution in [0.25, 0.3) is 0 Å². The number of nitrogens with zero attached hydrogens (tertiary/aromatic N) is 1. The summed E-state index contributed by atoms with van der Waals surface area (Å²) in [7, 11) is 0. The molecule has 0 unspecified atom stereocenters. The van der Waals surface area contributed by atoms with Crippen molar-refractivity contribution in [3.63, 3.8) is 0 Å². The van der Waals surface area contributed by atoms with E-state index < -0.39 is 0 Å². The second-order valence-corrected chi connectivity index (χ2v) is 5.25. The van der Waals surface area contributed by atoms with Crippen molar-refractivity contribution in [3.8, 4) is 0 Å². The van der Waals surface area contributed by atoms with Gasteiger partial charge in [-0.15, -0.1) is 0 Å². The van der Waals surface area contributed by atoms with Crippen LogP contribution < -0.4 is 0 Å². The number of likely N-dealkylation sites (tertiary alicyclic amines) is 1. The van der Waals surface area contributed by atoms with Crippen molar-refractivity contribution in [1.29, 1.82) is 0 Å². The first-order chi connectivity index (χ1) is 6.62. The molecule has 1 saturated carbocycles.